The molecule has 2 N–H and O–H groups in total. The molecule has 0 aliphatic heterocycles. The summed E-state index contributed by atoms with van der Waals surface area (Å²) in [5.74, 6) is -2.36. The molecule has 0 radical (unpaired) electrons. The third kappa shape index (κ3) is 4.45. The van der Waals surface area contributed by atoms with Crippen LogP contribution in [-0.4, -0.2) is 17.0 Å². The molecule has 0 heterocycles. The first-order valence-corrected chi connectivity index (χ1v) is 8.69. The summed E-state index contributed by atoms with van der Waals surface area (Å²) in [6, 6.07) is 19.1. The van der Waals surface area contributed by atoms with Gasteiger partial charge in [0.25, 0.3) is 5.91 Å². The van der Waals surface area contributed by atoms with Crippen LogP contribution in [0.3, 0.4) is 0 Å². The standard InChI is InChI=1S/C22H15ClFNO3/c23-18-9-5-4-8-16(18)17-12-14(10-11-19(17)24)13-20(22(27)28)25-21(26)15-6-2-1-3-7-15/h1-13H,(H,25,26)(H,27,28)/b20-13+. The predicted octanol–water partition coefficient (Wildman–Crippen LogP) is 5.00. The Labute approximate surface area is 165 Å². The van der Waals surface area contributed by atoms with E-state index in [4.69, 9.17) is 11.6 Å². The summed E-state index contributed by atoms with van der Waals surface area (Å²) in [7, 11) is 0. The van der Waals surface area contributed by atoms with Crippen LogP contribution in [0.15, 0.2) is 78.5 Å². The first kappa shape index (κ1) is 19.3. The Bertz CT molecular complexity index is 1060. The molecule has 0 spiro atoms. The van der Waals surface area contributed by atoms with Gasteiger partial charge in [0.2, 0.25) is 0 Å². The van der Waals surface area contributed by atoms with Gasteiger partial charge < -0.3 is 10.4 Å². The molecule has 140 valence electrons. The van der Waals surface area contributed by atoms with Crippen molar-refractivity contribution in [3.63, 3.8) is 0 Å². The van der Waals surface area contributed by atoms with Gasteiger partial charge in [-0.1, -0.05) is 54.1 Å². The second-order valence-corrected chi connectivity index (χ2v) is 6.31. The Morgan fingerprint density at radius 1 is 0.929 bits per heavy atom. The van der Waals surface area contributed by atoms with E-state index in [2.05, 4.69) is 5.32 Å². The predicted molar refractivity (Wildman–Crippen MR) is 106 cm³/mol. The lowest BCUT2D eigenvalue weighted by Crippen LogP contribution is -2.27. The van der Waals surface area contributed by atoms with Gasteiger partial charge in [-0.15, -0.1) is 0 Å². The smallest absolute Gasteiger partial charge is 0.352 e. The van der Waals surface area contributed by atoms with Crippen LogP contribution < -0.4 is 5.32 Å². The molecule has 0 aliphatic rings. The van der Waals surface area contributed by atoms with E-state index in [-0.39, 0.29) is 11.3 Å². The highest BCUT2D eigenvalue weighted by Crippen LogP contribution is 2.30. The number of carbonyl (C=O) groups excluding carboxylic acids is 1. The van der Waals surface area contributed by atoms with Crippen LogP contribution in [0.1, 0.15) is 15.9 Å². The fourth-order valence-corrected chi connectivity index (χ4v) is 2.86. The lowest BCUT2D eigenvalue weighted by Gasteiger charge is -2.09. The van der Waals surface area contributed by atoms with Crippen LogP contribution in [0.4, 0.5) is 4.39 Å². The zero-order valence-electron chi connectivity index (χ0n) is 14.5. The van der Waals surface area contributed by atoms with E-state index in [0.29, 0.717) is 21.7 Å². The number of carboxylic acid groups (broad SMARTS) is 1. The van der Waals surface area contributed by atoms with Crippen molar-refractivity contribution in [2.24, 2.45) is 0 Å². The average molecular weight is 396 g/mol. The van der Waals surface area contributed by atoms with Crippen LogP contribution in [0.5, 0.6) is 0 Å². The molecule has 0 bridgehead atoms. The van der Waals surface area contributed by atoms with E-state index >= 15 is 0 Å². The summed E-state index contributed by atoms with van der Waals surface area (Å²) in [6.45, 7) is 0. The van der Waals surface area contributed by atoms with Crippen molar-refractivity contribution in [1.82, 2.24) is 5.32 Å². The molecular formula is C22H15ClFNO3. The minimum Gasteiger partial charge on any atom is -0.477 e. The van der Waals surface area contributed by atoms with E-state index in [1.807, 2.05) is 0 Å². The average Bonchev–Trinajstić information content (AvgIpc) is 2.70. The molecule has 1 amide bonds. The molecule has 28 heavy (non-hydrogen) atoms. The van der Waals surface area contributed by atoms with Crippen molar-refractivity contribution < 1.29 is 19.1 Å². The zero-order chi connectivity index (χ0) is 20.1. The lowest BCUT2D eigenvalue weighted by atomic mass is 10.0. The number of hydrogen-bond acceptors (Lipinski definition) is 2. The maximum Gasteiger partial charge on any atom is 0.352 e. The molecule has 0 aromatic heterocycles. The van der Waals surface area contributed by atoms with Crippen molar-refractivity contribution in [3.8, 4) is 11.1 Å². The van der Waals surface area contributed by atoms with Gasteiger partial charge in [0.1, 0.15) is 11.5 Å². The Morgan fingerprint density at radius 3 is 2.29 bits per heavy atom. The second-order valence-electron chi connectivity index (χ2n) is 5.90. The van der Waals surface area contributed by atoms with Crippen molar-refractivity contribution in [2.75, 3.05) is 0 Å². The summed E-state index contributed by atoms with van der Waals surface area (Å²) in [5.41, 5.74) is 1.12. The maximum atomic E-state index is 14.3. The van der Waals surface area contributed by atoms with Gasteiger partial charge in [-0.2, -0.15) is 0 Å². The zero-order valence-corrected chi connectivity index (χ0v) is 15.3. The summed E-state index contributed by atoms with van der Waals surface area (Å²) < 4.78 is 14.3. The highest BCUT2D eigenvalue weighted by Gasteiger charge is 2.14. The topological polar surface area (TPSA) is 66.4 Å². The summed E-state index contributed by atoms with van der Waals surface area (Å²) in [4.78, 5) is 23.8. The maximum absolute atomic E-state index is 14.3. The fourth-order valence-electron chi connectivity index (χ4n) is 2.62. The van der Waals surface area contributed by atoms with Gasteiger partial charge >= 0.3 is 5.97 Å². The number of halogens is 2. The molecule has 0 saturated carbocycles. The molecule has 0 saturated heterocycles. The van der Waals surface area contributed by atoms with Crippen molar-refractivity contribution >= 4 is 29.6 Å². The normalized spacial score (nSPS) is 11.1. The van der Waals surface area contributed by atoms with Crippen LogP contribution >= 0.6 is 11.6 Å². The van der Waals surface area contributed by atoms with Crippen LogP contribution in [0.2, 0.25) is 5.02 Å². The fraction of sp³-hybridized carbons (Fsp3) is 0. The largest absolute Gasteiger partial charge is 0.477 e. The molecule has 0 unspecified atom stereocenters. The molecule has 3 aromatic carbocycles. The molecule has 6 heteroatoms. The van der Waals surface area contributed by atoms with Crippen molar-refractivity contribution in [3.05, 3.63) is 100 Å². The quantitative estimate of drug-likeness (QED) is 0.597. The second kappa shape index (κ2) is 8.50. The van der Waals surface area contributed by atoms with Crippen LogP contribution in [0.25, 0.3) is 17.2 Å². The highest BCUT2D eigenvalue weighted by atomic mass is 35.5. The van der Waals surface area contributed by atoms with Gasteiger partial charge in [0, 0.05) is 21.7 Å². The van der Waals surface area contributed by atoms with E-state index in [1.165, 1.54) is 24.3 Å². The molecule has 3 aromatic rings. The van der Waals surface area contributed by atoms with E-state index in [1.54, 1.807) is 54.6 Å². The molecule has 0 aliphatic carbocycles. The van der Waals surface area contributed by atoms with Crippen molar-refractivity contribution in [1.29, 1.82) is 0 Å². The van der Waals surface area contributed by atoms with Crippen molar-refractivity contribution in [2.45, 2.75) is 0 Å². The summed E-state index contributed by atoms with van der Waals surface area (Å²) in [5, 5.41) is 12.2. The summed E-state index contributed by atoms with van der Waals surface area (Å²) in [6.07, 6.45) is 1.27. The Kier molecular flexibility index (Phi) is 5.87. The number of carboxylic acids is 1. The highest BCUT2D eigenvalue weighted by molar-refractivity contribution is 6.33. The number of rotatable bonds is 5. The van der Waals surface area contributed by atoms with Gasteiger partial charge in [0.15, 0.2) is 0 Å². The minimum absolute atomic E-state index is 0.235. The van der Waals surface area contributed by atoms with Gasteiger partial charge in [-0.3, -0.25) is 4.79 Å². The molecule has 4 nitrogen and oxygen atoms in total. The van der Waals surface area contributed by atoms with Gasteiger partial charge in [-0.25, -0.2) is 9.18 Å². The number of benzene rings is 3. The monoisotopic (exact) mass is 395 g/mol. The Hall–Kier alpha value is -3.44. The minimum atomic E-state index is -1.31. The number of amides is 1. The summed E-state index contributed by atoms with van der Waals surface area (Å²) >= 11 is 6.14. The third-order valence-corrected chi connectivity index (χ3v) is 4.31. The third-order valence-electron chi connectivity index (χ3n) is 3.98. The first-order chi connectivity index (χ1) is 13.5. The Morgan fingerprint density at radius 2 is 1.61 bits per heavy atom. The van der Waals surface area contributed by atoms with Crippen LogP contribution in [0, 0.1) is 5.82 Å². The van der Waals surface area contributed by atoms with Gasteiger partial charge in [0.05, 0.1) is 0 Å². The molecule has 0 atom stereocenters. The van der Waals surface area contributed by atoms with E-state index in [9.17, 15) is 19.1 Å². The van der Waals surface area contributed by atoms with E-state index in [0.717, 1.165) is 0 Å². The number of hydrogen-bond donors (Lipinski definition) is 2. The lowest BCUT2D eigenvalue weighted by molar-refractivity contribution is -0.132. The molecule has 3 rings (SSSR count). The van der Waals surface area contributed by atoms with Crippen LogP contribution in [-0.2, 0) is 4.79 Å². The Balaban J connectivity index is 1.96. The van der Waals surface area contributed by atoms with Gasteiger partial charge in [-0.05, 0) is 42.0 Å². The number of carbonyl (C=O) groups is 2. The molecular weight excluding hydrogens is 381 g/mol. The van der Waals surface area contributed by atoms with E-state index < -0.39 is 17.7 Å². The first-order valence-electron chi connectivity index (χ1n) is 8.31. The SMILES string of the molecule is O=C(O)/C(=C\c1ccc(F)c(-c2ccccc2Cl)c1)NC(=O)c1ccccc1. The molecule has 0 fully saturated rings. The number of nitrogens with one attached hydrogen (secondary N) is 1. The number of aliphatic carboxylic acids is 1.